The Kier molecular flexibility index (Phi) is 9.17. The monoisotopic (exact) mass is 628 g/mol. The van der Waals surface area contributed by atoms with E-state index in [2.05, 4.69) is 0 Å². The molecule has 2 saturated heterocycles. The van der Waals surface area contributed by atoms with E-state index in [9.17, 15) is 61.0 Å². The van der Waals surface area contributed by atoms with Gasteiger partial charge in [0.2, 0.25) is 12.1 Å². The van der Waals surface area contributed by atoms with Crippen LogP contribution in [0.15, 0.2) is 30.3 Å². The van der Waals surface area contributed by atoms with Crippen molar-refractivity contribution in [2.24, 2.45) is 0 Å². The van der Waals surface area contributed by atoms with Gasteiger partial charge in [-0.2, -0.15) is 0 Å². The second kappa shape index (κ2) is 12.6. The van der Waals surface area contributed by atoms with E-state index in [1.807, 2.05) is 0 Å². The predicted molar refractivity (Wildman–Crippen MR) is 139 cm³/mol. The molecule has 3 aliphatic rings. The van der Waals surface area contributed by atoms with E-state index in [1.54, 1.807) is 0 Å². The van der Waals surface area contributed by atoms with Gasteiger partial charge in [0.25, 0.3) is 0 Å². The normalized spacial score (nSPS) is 37.2. The Morgan fingerprint density at radius 3 is 1.86 bits per heavy atom. The fourth-order valence-corrected chi connectivity index (χ4v) is 5.18. The van der Waals surface area contributed by atoms with Crippen molar-refractivity contribution in [3.05, 3.63) is 41.5 Å². The van der Waals surface area contributed by atoms with Crippen LogP contribution in [0.25, 0.3) is 0 Å². The molecule has 0 radical (unpaired) electrons. The number of phenolic OH excluding ortho intramolecular Hbond substituents is 3. The van der Waals surface area contributed by atoms with E-state index in [-0.39, 0.29) is 17.1 Å². The largest absolute Gasteiger partial charge is 0.507 e. The molecular weight excluding hydrogens is 596 g/mol. The second-order valence-electron chi connectivity index (χ2n) is 10.5. The maximum atomic E-state index is 13.8. The first-order chi connectivity index (χ1) is 20.9. The number of aromatic hydroxyl groups is 3. The van der Waals surface area contributed by atoms with Gasteiger partial charge in [-0.15, -0.1) is 0 Å². The van der Waals surface area contributed by atoms with Gasteiger partial charge in [0.15, 0.2) is 30.0 Å². The summed E-state index contributed by atoms with van der Waals surface area (Å²) in [6.07, 6.45) is -20.0. The van der Waals surface area contributed by atoms with Gasteiger partial charge in [0, 0.05) is 12.1 Å². The maximum Gasteiger partial charge on any atom is 0.229 e. The molecule has 3 heterocycles. The molecule has 11 N–H and O–H groups in total. The van der Waals surface area contributed by atoms with Crippen molar-refractivity contribution in [3.63, 3.8) is 0 Å². The minimum atomic E-state index is -1.90. The van der Waals surface area contributed by atoms with Crippen molar-refractivity contribution < 1.29 is 84.7 Å². The number of hydrogen-bond donors (Lipinski definition) is 11. The highest BCUT2D eigenvalue weighted by atomic mass is 16.7. The molecule has 0 aliphatic carbocycles. The number of benzene rings is 2. The molecular formula is C27H32O17. The van der Waals surface area contributed by atoms with Gasteiger partial charge in [0.1, 0.15) is 71.6 Å². The molecule has 3 aliphatic heterocycles. The van der Waals surface area contributed by atoms with E-state index < -0.39 is 115 Å². The van der Waals surface area contributed by atoms with Crippen LogP contribution in [0.4, 0.5) is 0 Å². The molecule has 5 rings (SSSR count). The average Bonchev–Trinajstić information content (AvgIpc) is 2.99. The van der Waals surface area contributed by atoms with Crippen LogP contribution in [0, 0.1) is 0 Å². The maximum absolute atomic E-state index is 13.8. The second-order valence-corrected chi connectivity index (χ2v) is 10.5. The smallest absolute Gasteiger partial charge is 0.229 e. The summed E-state index contributed by atoms with van der Waals surface area (Å²) in [5.74, 6) is -3.33. The molecule has 2 fully saturated rings. The quantitative estimate of drug-likeness (QED) is 0.133. The molecule has 17 nitrogen and oxygen atoms in total. The SMILES string of the molecule is O=C1c2c(O)cc(O[C@@H]3O[C@H](CO)[C@@H](O)[C@H](O)[C@H]3O)cc2OC(c2ccc(O)c(O)c2)C1O[C@@H]1O[C@H](CO)[C@@H](O)[C@H](O)[C@H]1O. The summed E-state index contributed by atoms with van der Waals surface area (Å²) in [4.78, 5) is 13.8. The van der Waals surface area contributed by atoms with Crippen molar-refractivity contribution in [1.29, 1.82) is 0 Å². The van der Waals surface area contributed by atoms with Gasteiger partial charge in [-0.25, -0.2) is 0 Å². The molecule has 2 aromatic carbocycles. The Bertz CT molecular complexity index is 1350. The Morgan fingerprint density at radius 1 is 0.682 bits per heavy atom. The number of aliphatic hydroxyl groups excluding tert-OH is 8. The van der Waals surface area contributed by atoms with Crippen LogP contribution in [0.3, 0.4) is 0 Å². The third-order valence-corrected chi connectivity index (χ3v) is 7.65. The Hall–Kier alpha value is -3.33. The zero-order valence-corrected chi connectivity index (χ0v) is 22.6. The van der Waals surface area contributed by atoms with E-state index in [0.717, 1.165) is 24.3 Å². The average molecular weight is 629 g/mol. The van der Waals surface area contributed by atoms with Crippen LogP contribution < -0.4 is 9.47 Å². The lowest BCUT2D eigenvalue weighted by Gasteiger charge is -2.42. The van der Waals surface area contributed by atoms with Crippen molar-refractivity contribution in [3.8, 4) is 28.7 Å². The summed E-state index contributed by atoms with van der Waals surface area (Å²) in [6.45, 7) is -1.51. The Labute approximate surface area is 247 Å². The van der Waals surface area contributed by atoms with Crippen LogP contribution in [0.1, 0.15) is 22.0 Å². The first kappa shape index (κ1) is 32.1. The van der Waals surface area contributed by atoms with E-state index >= 15 is 0 Å². The number of rotatable bonds is 7. The number of Topliss-reactive ketones (excluding diaryl/α,β-unsaturated/α-hetero) is 1. The first-order valence-electron chi connectivity index (χ1n) is 13.4. The van der Waals surface area contributed by atoms with E-state index in [0.29, 0.717) is 0 Å². The first-order valence-corrected chi connectivity index (χ1v) is 13.4. The summed E-state index contributed by atoms with van der Waals surface area (Å²) in [6, 6.07) is 5.48. The Balaban J connectivity index is 1.49. The van der Waals surface area contributed by atoms with Gasteiger partial charge in [-0.1, -0.05) is 6.07 Å². The summed E-state index contributed by atoms with van der Waals surface area (Å²) in [5, 5.41) is 111. The highest BCUT2D eigenvalue weighted by molar-refractivity contribution is 6.05. The lowest BCUT2D eigenvalue weighted by Crippen LogP contribution is -2.60. The number of fused-ring (bicyclic) bond motifs is 1. The molecule has 17 heteroatoms. The fourth-order valence-electron chi connectivity index (χ4n) is 5.18. The van der Waals surface area contributed by atoms with Crippen LogP contribution in [0.5, 0.6) is 28.7 Å². The van der Waals surface area contributed by atoms with Gasteiger partial charge in [-0.3, -0.25) is 4.79 Å². The molecule has 12 atom stereocenters. The number of aliphatic hydroxyl groups is 8. The topological polar surface area (TPSA) is 286 Å². The zero-order chi connectivity index (χ0) is 32.0. The molecule has 2 aromatic rings. The van der Waals surface area contributed by atoms with Crippen molar-refractivity contribution >= 4 is 5.78 Å². The number of carbonyl (C=O) groups is 1. The van der Waals surface area contributed by atoms with Crippen LogP contribution in [-0.4, -0.2) is 143 Å². The standard InChI is InChI=1S/C27H32O17/c28-6-14-17(33)20(36)22(38)26(42-14)40-9-4-12(32)16-13(5-9)41-24(8-1-2-10(30)11(31)3-8)25(19(16)35)44-27-23(39)21(37)18(34)15(7-29)43-27/h1-5,14-15,17-18,20-34,36-39H,6-7H2/t14-,15-,17-,18-,20+,21+,22-,23-,24?,25?,26-,27+/m1/s1. The van der Waals surface area contributed by atoms with E-state index in [4.69, 9.17) is 23.7 Å². The minimum absolute atomic E-state index is 0.0497. The molecule has 0 aromatic heterocycles. The fraction of sp³-hybridized carbons (Fsp3) is 0.519. The van der Waals surface area contributed by atoms with Crippen molar-refractivity contribution in [2.45, 2.75) is 73.6 Å². The number of ether oxygens (including phenoxy) is 5. The Morgan fingerprint density at radius 2 is 1.27 bits per heavy atom. The van der Waals surface area contributed by atoms with Gasteiger partial charge < -0.3 is 79.9 Å². The third kappa shape index (κ3) is 5.75. The summed E-state index contributed by atoms with van der Waals surface area (Å²) in [5.41, 5.74) is -0.395. The summed E-state index contributed by atoms with van der Waals surface area (Å²) in [7, 11) is 0. The van der Waals surface area contributed by atoms with Crippen LogP contribution in [-0.2, 0) is 14.2 Å². The molecule has 0 bridgehead atoms. The number of phenols is 3. The highest BCUT2D eigenvalue weighted by Gasteiger charge is 2.50. The highest BCUT2D eigenvalue weighted by Crippen LogP contribution is 2.45. The van der Waals surface area contributed by atoms with Crippen molar-refractivity contribution in [2.75, 3.05) is 13.2 Å². The van der Waals surface area contributed by atoms with Gasteiger partial charge >= 0.3 is 0 Å². The predicted octanol–water partition coefficient (Wildman–Crippen LogP) is -3.52. The summed E-state index contributed by atoms with van der Waals surface area (Å²) < 4.78 is 27.9. The van der Waals surface area contributed by atoms with Crippen LogP contribution >= 0.6 is 0 Å². The molecule has 0 amide bonds. The lowest BCUT2D eigenvalue weighted by molar-refractivity contribution is -0.311. The number of hydrogen-bond acceptors (Lipinski definition) is 17. The number of ketones is 1. The third-order valence-electron chi connectivity index (χ3n) is 7.65. The van der Waals surface area contributed by atoms with Crippen molar-refractivity contribution in [1.82, 2.24) is 0 Å². The van der Waals surface area contributed by atoms with Gasteiger partial charge in [0.05, 0.1) is 13.2 Å². The minimum Gasteiger partial charge on any atom is -0.507 e. The molecule has 44 heavy (non-hydrogen) atoms. The zero-order valence-electron chi connectivity index (χ0n) is 22.6. The number of carbonyl (C=O) groups excluding carboxylic acids is 1. The molecule has 2 unspecified atom stereocenters. The van der Waals surface area contributed by atoms with Gasteiger partial charge in [-0.05, 0) is 17.7 Å². The molecule has 242 valence electrons. The van der Waals surface area contributed by atoms with E-state index in [1.165, 1.54) is 6.07 Å². The van der Waals surface area contributed by atoms with Crippen LogP contribution in [0.2, 0.25) is 0 Å². The summed E-state index contributed by atoms with van der Waals surface area (Å²) >= 11 is 0. The molecule has 0 spiro atoms. The lowest BCUT2D eigenvalue weighted by atomic mass is 9.92. The molecule has 0 saturated carbocycles.